The maximum atomic E-state index is 13.0. The van der Waals surface area contributed by atoms with Gasteiger partial charge in [0.15, 0.2) is 9.84 Å². The predicted octanol–water partition coefficient (Wildman–Crippen LogP) is 1.81. The van der Waals surface area contributed by atoms with Gasteiger partial charge in [-0.1, -0.05) is 0 Å². The van der Waals surface area contributed by atoms with Gasteiger partial charge in [0.05, 0.1) is 10.1 Å². The molecule has 1 N–H and O–H groups in total. The number of imidazole rings is 1. The molecule has 1 fully saturated rings. The molecule has 1 aliphatic heterocycles. The number of hydrogen-bond acceptors (Lipinski definition) is 5. The maximum Gasteiger partial charge on any atom is 0.254 e. The molecule has 1 aliphatic rings. The second kappa shape index (κ2) is 8.41. The first-order valence-corrected chi connectivity index (χ1v) is 10.2. The molecule has 0 spiro atoms. The van der Waals surface area contributed by atoms with Crippen molar-refractivity contribution in [2.24, 2.45) is 7.05 Å². The molecular formula is C18H25ClN4O3S. The Hall–Kier alpha value is -1.90. The first-order valence-electron chi connectivity index (χ1n) is 8.65. The van der Waals surface area contributed by atoms with E-state index in [4.69, 9.17) is 0 Å². The van der Waals surface area contributed by atoms with Crippen molar-refractivity contribution in [1.82, 2.24) is 19.8 Å². The zero-order valence-electron chi connectivity index (χ0n) is 15.6. The summed E-state index contributed by atoms with van der Waals surface area (Å²) in [4.78, 5) is 19.4. The van der Waals surface area contributed by atoms with E-state index in [0.29, 0.717) is 25.2 Å². The van der Waals surface area contributed by atoms with E-state index in [1.807, 2.05) is 17.8 Å². The second-order valence-electron chi connectivity index (χ2n) is 6.73. The number of piperazine rings is 1. The number of nitrogens with zero attached hydrogens (tertiary/aromatic N) is 3. The largest absolute Gasteiger partial charge is 0.336 e. The van der Waals surface area contributed by atoms with Crippen LogP contribution in [0.5, 0.6) is 0 Å². The minimum Gasteiger partial charge on any atom is -0.336 e. The quantitative estimate of drug-likeness (QED) is 0.827. The molecule has 148 valence electrons. The third kappa shape index (κ3) is 4.17. The number of aromatic nitrogens is 2. The minimum atomic E-state index is -3.34. The molecule has 2 aromatic rings. The Balaban J connectivity index is 0.00000261. The molecule has 1 saturated heterocycles. The smallest absolute Gasteiger partial charge is 0.254 e. The van der Waals surface area contributed by atoms with Crippen molar-refractivity contribution in [2.75, 3.05) is 19.6 Å². The molecule has 3 rings (SSSR count). The van der Waals surface area contributed by atoms with Gasteiger partial charge in [0.1, 0.15) is 11.9 Å². The number of hydrogen-bond donors (Lipinski definition) is 1. The molecule has 0 radical (unpaired) electrons. The number of rotatable bonds is 4. The number of sulfone groups is 1. The van der Waals surface area contributed by atoms with Gasteiger partial charge in [-0.2, -0.15) is 0 Å². The van der Waals surface area contributed by atoms with Crippen molar-refractivity contribution >= 4 is 28.2 Å². The van der Waals surface area contributed by atoms with Crippen molar-refractivity contribution in [3.05, 3.63) is 48.0 Å². The molecular weight excluding hydrogens is 388 g/mol. The van der Waals surface area contributed by atoms with Crippen LogP contribution >= 0.6 is 12.4 Å². The summed E-state index contributed by atoms with van der Waals surface area (Å²) in [6.45, 7) is 5.21. The van der Waals surface area contributed by atoms with Gasteiger partial charge in [-0.15, -0.1) is 12.4 Å². The second-order valence-corrected chi connectivity index (χ2v) is 9.24. The summed E-state index contributed by atoms with van der Waals surface area (Å²) in [5.41, 5.74) is 0.480. The van der Waals surface area contributed by atoms with Crippen molar-refractivity contribution < 1.29 is 13.2 Å². The first-order chi connectivity index (χ1) is 12.3. The van der Waals surface area contributed by atoms with Crippen LogP contribution in [0.25, 0.3) is 0 Å². The molecule has 1 unspecified atom stereocenters. The van der Waals surface area contributed by atoms with Crippen LogP contribution in [0.15, 0.2) is 41.6 Å². The summed E-state index contributed by atoms with van der Waals surface area (Å²) < 4.78 is 26.4. The Bertz CT molecular complexity index is 894. The Labute approximate surface area is 166 Å². The Morgan fingerprint density at radius 1 is 1.26 bits per heavy atom. The van der Waals surface area contributed by atoms with E-state index >= 15 is 0 Å². The zero-order valence-corrected chi connectivity index (χ0v) is 17.3. The van der Waals surface area contributed by atoms with Crippen LogP contribution in [0.3, 0.4) is 0 Å². The number of benzene rings is 1. The predicted molar refractivity (Wildman–Crippen MR) is 106 cm³/mol. The highest BCUT2D eigenvalue weighted by Crippen LogP contribution is 2.24. The van der Waals surface area contributed by atoms with Crippen LogP contribution in [0, 0.1) is 0 Å². The van der Waals surface area contributed by atoms with Gasteiger partial charge in [0.2, 0.25) is 0 Å². The van der Waals surface area contributed by atoms with Gasteiger partial charge in [0, 0.05) is 44.6 Å². The van der Waals surface area contributed by atoms with E-state index in [9.17, 15) is 13.2 Å². The van der Waals surface area contributed by atoms with Gasteiger partial charge < -0.3 is 14.8 Å². The molecule has 0 aliphatic carbocycles. The molecule has 1 atom stereocenters. The molecule has 9 heteroatoms. The van der Waals surface area contributed by atoms with Crippen molar-refractivity contribution in [3.8, 4) is 0 Å². The molecule has 1 aromatic carbocycles. The minimum absolute atomic E-state index is 0. The highest BCUT2D eigenvalue weighted by atomic mass is 35.5. The van der Waals surface area contributed by atoms with E-state index in [-0.39, 0.29) is 29.3 Å². The monoisotopic (exact) mass is 412 g/mol. The molecule has 0 bridgehead atoms. The van der Waals surface area contributed by atoms with Crippen LogP contribution in [-0.2, 0) is 16.9 Å². The lowest BCUT2D eigenvalue weighted by atomic mass is 10.1. The standard InChI is InChI=1S/C18H24N4O3S.ClH/c1-13(2)26(24,25)15-6-4-14(5-7-15)18(23)22-11-8-19-12-16(22)17-20-9-10-21(17)3;/h4-7,9-10,13,16,19H,8,11-12H2,1-3H3;1H. The van der Waals surface area contributed by atoms with Gasteiger partial charge in [-0.05, 0) is 38.1 Å². The average molecular weight is 413 g/mol. The highest BCUT2D eigenvalue weighted by Gasteiger charge is 2.31. The lowest BCUT2D eigenvalue weighted by molar-refractivity contribution is 0.0621. The van der Waals surface area contributed by atoms with Crippen molar-refractivity contribution in [2.45, 2.75) is 30.0 Å². The Morgan fingerprint density at radius 2 is 1.93 bits per heavy atom. The normalized spacial score (nSPS) is 17.6. The number of halogens is 1. The Morgan fingerprint density at radius 3 is 2.48 bits per heavy atom. The molecule has 2 heterocycles. The summed E-state index contributed by atoms with van der Waals surface area (Å²) in [5.74, 6) is 0.706. The van der Waals surface area contributed by atoms with Crippen molar-refractivity contribution in [3.63, 3.8) is 0 Å². The topological polar surface area (TPSA) is 84.3 Å². The van der Waals surface area contributed by atoms with Crippen LogP contribution in [0.4, 0.5) is 0 Å². The number of nitrogens with one attached hydrogen (secondary N) is 1. The number of carbonyl (C=O) groups excluding carboxylic acids is 1. The lowest BCUT2D eigenvalue weighted by Gasteiger charge is -2.35. The first kappa shape index (κ1) is 21.4. The SMILES string of the molecule is CC(C)S(=O)(=O)c1ccc(C(=O)N2CCNCC2c2nccn2C)cc1.Cl. The molecule has 7 nitrogen and oxygen atoms in total. The lowest BCUT2D eigenvalue weighted by Crippen LogP contribution is -2.49. The van der Waals surface area contributed by atoms with Gasteiger partial charge in [-0.3, -0.25) is 4.79 Å². The fraction of sp³-hybridized carbons (Fsp3) is 0.444. The maximum absolute atomic E-state index is 13.0. The summed E-state index contributed by atoms with van der Waals surface area (Å²) >= 11 is 0. The van der Waals surface area contributed by atoms with Crippen molar-refractivity contribution in [1.29, 1.82) is 0 Å². The number of amides is 1. The van der Waals surface area contributed by atoms with E-state index in [0.717, 1.165) is 5.82 Å². The zero-order chi connectivity index (χ0) is 18.9. The summed E-state index contributed by atoms with van der Waals surface area (Å²) in [7, 11) is -1.44. The third-order valence-electron chi connectivity index (χ3n) is 4.71. The van der Waals surface area contributed by atoms with E-state index in [2.05, 4.69) is 10.3 Å². The van der Waals surface area contributed by atoms with Crippen LogP contribution in [0.2, 0.25) is 0 Å². The fourth-order valence-corrected chi connectivity index (χ4v) is 4.16. The third-order valence-corrected chi connectivity index (χ3v) is 6.88. The number of aryl methyl sites for hydroxylation is 1. The van der Waals surface area contributed by atoms with Crippen LogP contribution in [-0.4, -0.2) is 53.7 Å². The summed E-state index contributed by atoms with van der Waals surface area (Å²) in [6.07, 6.45) is 3.58. The van der Waals surface area contributed by atoms with Gasteiger partial charge in [0.25, 0.3) is 5.91 Å². The molecule has 27 heavy (non-hydrogen) atoms. The number of carbonyl (C=O) groups is 1. The summed E-state index contributed by atoms with van der Waals surface area (Å²) in [6, 6.07) is 6.06. The summed E-state index contributed by atoms with van der Waals surface area (Å²) in [5, 5.41) is 2.81. The molecule has 1 amide bonds. The van der Waals surface area contributed by atoms with Gasteiger partial charge >= 0.3 is 0 Å². The highest BCUT2D eigenvalue weighted by molar-refractivity contribution is 7.92. The van der Waals surface area contributed by atoms with Gasteiger partial charge in [-0.25, -0.2) is 13.4 Å². The van der Waals surface area contributed by atoms with E-state index < -0.39 is 15.1 Å². The molecule has 0 saturated carbocycles. The van der Waals surface area contributed by atoms with Crippen LogP contribution < -0.4 is 5.32 Å². The fourth-order valence-electron chi connectivity index (χ4n) is 3.10. The molecule has 1 aromatic heterocycles. The average Bonchev–Trinajstić information content (AvgIpc) is 3.07. The Kier molecular flexibility index (Phi) is 6.67. The van der Waals surface area contributed by atoms with E-state index in [1.165, 1.54) is 12.1 Å². The van der Waals surface area contributed by atoms with Crippen LogP contribution in [0.1, 0.15) is 36.1 Å². The van der Waals surface area contributed by atoms with E-state index in [1.54, 1.807) is 37.1 Å².